The number of rotatable bonds is 4. The predicted molar refractivity (Wildman–Crippen MR) is 90.1 cm³/mol. The van der Waals surface area contributed by atoms with E-state index in [0.29, 0.717) is 0 Å². The van der Waals surface area contributed by atoms with Gasteiger partial charge in [0.15, 0.2) is 0 Å². The largest absolute Gasteiger partial charge is 0.296 e. The Labute approximate surface area is 129 Å². The van der Waals surface area contributed by atoms with Gasteiger partial charge in [0.2, 0.25) is 0 Å². The second kappa shape index (κ2) is 6.91. The summed E-state index contributed by atoms with van der Waals surface area (Å²) in [5, 5.41) is 0. The summed E-state index contributed by atoms with van der Waals surface area (Å²) in [6.45, 7) is 11.3. The van der Waals surface area contributed by atoms with Crippen LogP contribution < -0.4 is 11.3 Å². The quantitative estimate of drug-likeness (QED) is 0.659. The molecule has 0 radical (unpaired) electrons. The molecule has 1 aliphatic heterocycles. The van der Waals surface area contributed by atoms with E-state index in [1.807, 2.05) is 0 Å². The lowest BCUT2D eigenvalue weighted by atomic mass is 9.84. The molecule has 1 aromatic rings. The van der Waals surface area contributed by atoms with E-state index in [1.165, 1.54) is 55.5 Å². The minimum Gasteiger partial charge on any atom is -0.296 e. The van der Waals surface area contributed by atoms with Crippen molar-refractivity contribution in [3.05, 3.63) is 34.9 Å². The molecule has 1 heterocycles. The normalized spacial score (nSPS) is 19.3. The maximum absolute atomic E-state index is 5.97. The monoisotopic (exact) mass is 289 g/mol. The number of aryl methyl sites for hydroxylation is 2. The molecule has 3 N–H and O–H groups in total. The molecule has 118 valence electrons. The summed E-state index contributed by atoms with van der Waals surface area (Å²) < 4.78 is 0. The van der Waals surface area contributed by atoms with E-state index in [0.717, 1.165) is 0 Å². The van der Waals surface area contributed by atoms with Crippen molar-refractivity contribution >= 4 is 0 Å². The van der Waals surface area contributed by atoms with Crippen LogP contribution in [-0.4, -0.2) is 23.5 Å². The highest BCUT2D eigenvalue weighted by molar-refractivity contribution is 5.34. The van der Waals surface area contributed by atoms with Gasteiger partial charge in [0.1, 0.15) is 0 Å². The van der Waals surface area contributed by atoms with Crippen molar-refractivity contribution in [3.63, 3.8) is 0 Å². The van der Waals surface area contributed by atoms with E-state index in [9.17, 15) is 0 Å². The van der Waals surface area contributed by atoms with E-state index < -0.39 is 0 Å². The summed E-state index contributed by atoms with van der Waals surface area (Å²) in [4.78, 5) is 2.61. The topological polar surface area (TPSA) is 41.3 Å². The smallest absolute Gasteiger partial charge is 0.0641 e. The Kier molecular flexibility index (Phi) is 5.42. The molecule has 2 rings (SSSR count). The van der Waals surface area contributed by atoms with Crippen LogP contribution in [0.15, 0.2) is 18.2 Å². The fourth-order valence-electron chi connectivity index (χ4n) is 3.65. The number of hydrazine groups is 1. The van der Waals surface area contributed by atoms with Gasteiger partial charge >= 0.3 is 0 Å². The van der Waals surface area contributed by atoms with Gasteiger partial charge in [0.05, 0.1) is 6.04 Å². The van der Waals surface area contributed by atoms with Crippen LogP contribution in [0.1, 0.15) is 62.3 Å². The average Bonchev–Trinajstić information content (AvgIpc) is 2.71. The minimum atomic E-state index is 0.0130. The summed E-state index contributed by atoms with van der Waals surface area (Å²) in [5.41, 5.74) is 7.05. The maximum Gasteiger partial charge on any atom is 0.0641 e. The van der Waals surface area contributed by atoms with Gasteiger partial charge in [-0.3, -0.25) is 16.2 Å². The predicted octanol–water partition coefficient (Wildman–Crippen LogP) is 3.46. The SMILES string of the molecule is Cc1ccc(C(NN)C(C)(C)N2CCCCCC2)c(C)c1. The molecule has 3 heteroatoms. The number of benzene rings is 1. The standard InChI is InChI=1S/C18H31N3/c1-14-9-10-16(15(2)13-14)17(20-19)18(3,4)21-11-7-5-6-8-12-21/h9-10,13,17,20H,5-8,11-12,19H2,1-4H3. The highest BCUT2D eigenvalue weighted by Gasteiger charge is 2.36. The van der Waals surface area contributed by atoms with Crippen molar-refractivity contribution in [2.75, 3.05) is 13.1 Å². The first-order valence-electron chi connectivity index (χ1n) is 8.25. The highest BCUT2D eigenvalue weighted by atomic mass is 15.3. The lowest BCUT2D eigenvalue weighted by Gasteiger charge is -2.44. The van der Waals surface area contributed by atoms with Crippen molar-refractivity contribution < 1.29 is 0 Å². The second-order valence-electron chi connectivity index (χ2n) is 7.01. The summed E-state index contributed by atoms with van der Waals surface area (Å²) >= 11 is 0. The first-order valence-corrected chi connectivity index (χ1v) is 8.25. The molecular weight excluding hydrogens is 258 g/mol. The molecule has 0 spiro atoms. The molecule has 0 saturated carbocycles. The lowest BCUT2D eigenvalue weighted by Crippen LogP contribution is -2.54. The van der Waals surface area contributed by atoms with Crippen LogP contribution in [-0.2, 0) is 0 Å². The number of nitrogens with zero attached hydrogens (tertiary/aromatic N) is 1. The van der Waals surface area contributed by atoms with Crippen LogP contribution >= 0.6 is 0 Å². The Morgan fingerprint density at radius 2 is 1.71 bits per heavy atom. The molecule has 1 atom stereocenters. The first kappa shape index (κ1) is 16.5. The molecule has 3 nitrogen and oxygen atoms in total. The second-order valence-corrected chi connectivity index (χ2v) is 7.01. The third-order valence-corrected chi connectivity index (χ3v) is 5.03. The number of likely N-dealkylation sites (tertiary alicyclic amines) is 1. The zero-order chi connectivity index (χ0) is 15.5. The third-order valence-electron chi connectivity index (χ3n) is 5.03. The molecule has 21 heavy (non-hydrogen) atoms. The Morgan fingerprint density at radius 1 is 1.10 bits per heavy atom. The van der Waals surface area contributed by atoms with Gasteiger partial charge in [-0.05, 0) is 64.8 Å². The van der Waals surface area contributed by atoms with Crippen LogP contribution in [0.3, 0.4) is 0 Å². The number of nitrogens with two attached hydrogens (primary N) is 1. The van der Waals surface area contributed by atoms with Crippen LogP contribution in [0, 0.1) is 13.8 Å². The third kappa shape index (κ3) is 3.65. The van der Waals surface area contributed by atoms with Crippen molar-refractivity contribution in [3.8, 4) is 0 Å². The van der Waals surface area contributed by atoms with Crippen LogP contribution in [0.2, 0.25) is 0 Å². The molecule has 1 fully saturated rings. The fraction of sp³-hybridized carbons (Fsp3) is 0.667. The fourth-order valence-corrected chi connectivity index (χ4v) is 3.65. The van der Waals surface area contributed by atoms with Gasteiger partial charge < -0.3 is 0 Å². The summed E-state index contributed by atoms with van der Waals surface area (Å²) in [6.07, 6.45) is 5.31. The molecule has 1 aromatic carbocycles. The maximum atomic E-state index is 5.97. The van der Waals surface area contributed by atoms with Crippen molar-refractivity contribution in [2.45, 2.75) is 65.0 Å². The van der Waals surface area contributed by atoms with Crippen LogP contribution in [0.5, 0.6) is 0 Å². The van der Waals surface area contributed by atoms with E-state index in [1.54, 1.807) is 0 Å². The van der Waals surface area contributed by atoms with E-state index in [2.05, 4.69) is 56.2 Å². The van der Waals surface area contributed by atoms with E-state index in [-0.39, 0.29) is 11.6 Å². The lowest BCUT2D eigenvalue weighted by molar-refractivity contribution is 0.0832. The highest BCUT2D eigenvalue weighted by Crippen LogP contribution is 2.34. The molecule has 0 bridgehead atoms. The average molecular weight is 289 g/mol. The first-order chi connectivity index (χ1) is 9.96. The minimum absolute atomic E-state index is 0.0130. The van der Waals surface area contributed by atoms with Gasteiger partial charge in [-0.25, -0.2) is 0 Å². The number of nitrogens with one attached hydrogen (secondary N) is 1. The Hall–Kier alpha value is -0.900. The molecule has 0 aromatic heterocycles. The van der Waals surface area contributed by atoms with Gasteiger partial charge in [0.25, 0.3) is 0 Å². The van der Waals surface area contributed by atoms with Crippen LogP contribution in [0.25, 0.3) is 0 Å². The molecule has 0 amide bonds. The van der Waals surface area contributed by atoms with E-state index >= 15 is 0 Å². The number of hydrogen-bond donors (Lipinski definition) is 2. The van der Waals surface area contributed by atoms with Gasteiger partial charge in [-0.1, -0.05) is 36.6 Å². The van der Waals surface area contributed by atoms with Gasteiger partial charge in [-0.15, -0.1) is 0 Å². The van der Waals surface area contributed by atoms with Gasteiger partial charge in [-0.2, -0.15) is 0 Å². The van der Waals surface area contributed by atoms with Crippen molar-refractivity contribution in [1.29, 1.82) is 0 Å². The summed E-state index contributed by atoms with van der Waals surface area (Å²) in [6, 6.07) is 6.81. The molecule has 1 saturated heterocycles. The number of hydrogen-bond acceptors (Lipinski definition) is 3. The molecule has 1 unspecified atom stereocenters. The summed E-state index contributed by atoms with van der Waals surface area (Å²) in [5.74, 6) is 5.97. The summed E-state index contributed by atoms with van der Waals surface area (Å²) in [7, 11) is 0. The van der Waals surface area contributed by atoms with Crippen molar-refractivity contribution in [2.24, 2.45) is 5.84 Å². The zero-order valence-electron chi connectivity index (χ0n) is 14.1. The Bertz CT molecular complexity index is 460. The van der Waals surface area contributed by atoms with Gasteiger partial charge in [0, 0.05) is 5.54 Å². The molecular formula is C18H31N3. The zero-order valence-corrected chi connectivity index (χ0v) is 14.1. The van der Waals surface area contributed by atoms with Crippen LogP contribution in [0.4, 0.5) is 0 Å². The molecule has 1 aliphatic rings. The van der Waals surface area contributed by atoms with Crippen molar-refractivity contribution in [1.82, 2.24) is 10.3 Å². The Balaban J connectivity index is 2.29. The molecule has 0 aliphatic carbocycles. The van der Waals surface area contributed by atoms with E-state index in [4.69, 9.17) is 5.84 Å². The Morgan fingerprint density at radius 3 is 2.24 bits per heavy atom.